The number of nitrogens with one attached hydrogen (secondary N) is 2. The first kappa shape index (κ1) is 23.6. The van der Waals surface area contributed by atoms with Gasteiger partial charge in [-0.2, -0.15) is 0 Å². The number of allylic oxidation sites excluding steroid dienone is 1. The zero-order chi connectivity index (χ0) is 23.9. The lowest BCUT2D eigenvalue weighted by molar-refractivity contribution is -0.123. The third-order valence-corrected chi connectivity index (χ3v) is 6.23. The fourth-order valence-electron chi connectivity index (χ4n) is 3.93. The van der Waals surface area contributed by atoms with Crippen LogP contribution in [0.3, 0.4) is 0 Å². The first-order valence-electron chi connectivity index (χ1n) is 11.0. The molecule has 0 fully saturated rings. The highest BCUT2D eigenvalue weighted by Gasteiger charge is 2.26. The lowest BCUT2D eigenvalue weighted by Gasteiger charge is -2.22. The van der Waals surface area contributed by atoms with Gasteiger partial charge in [-0.05, 0) is 54.0 Å². The Labute approximate surface area is 201 Å². The Hall–Kier alpha value is -3.56. The zero-order valence-electron chi connectivity index (χ0n) is 18.8. The van der Waals surface area contributed by atoms with Crippen molar-refractivity contribution in [2.45, 2.75) is 19.3 Å². The number of benzene rings is 1. The van der Waals surface area contributed by atoms with Gasteiger partial charge in [-0.25, -0.2) is 14.6 Å². The number of imide groups is 1. The molecule has 3 amide bonds. The van der Waals surface area contributed by atoms with Crippen LogP contribution in [0.4, 0.5) is 4.79 Å². The van der Waals surface area contributed by atoms with Crippen LogP contribution in [0.1, 0.15) is 39.3 Å². The molecule has 0 bridgehead atoms. The Balaban J connectivity index is 1.58. The van der Waals surface area contributed by atoms with Gasteiger partial charge in [0.15, 0.2) is 6.61 Å². The Bertz CT molecular complexity index is 1240. The highest BCUT2D eigenvalue weighted by Crippen LogP contribution is 2.36. The highest BCUT2D eigenvalue weighted by molar-refractivity contribution is 7.10. The van der Waals surface area contributed by atoms with E-state index >= 15 is 0 Å². The third kappa shape index (κ3) is 5.49. The second kappa shape index (κ2) is 11.0. The normalized spacial score (nSPS) is 14.0. The smallest absolute Gasteiger partial charge is 0.339 e. The number of aromatic nitrogens is 1. The summed E-state index contributed by atoms with van der Waals surface area (Å²) in [6.45, 7) is 0.00541. The molecular formula is C25H25N3O5S. The number of pyridine rings is 1. The van der Waals surface area contributed by atoms with Crippen molar-refractivity contribution in [3.05, 3.63) is 63.5 Å². The van der Waals surface area contributed by atoms with E-state index in [1.807, 2.05) is 41.8 Å². The third-order valence-electron chi connectivity index (χ3n) is 5.41. The van der Waals surface area contributed by atoms with Crippen LogP contribution >= 0.6 is 11.3 Å². The van der Waals surface area contributed by atoms with Crippen LogP contribution in [0.15, 0.2) is 41.8 Å². The van der Waals surface area contributed by atoms with Gasteiger partial charge in [-0.15, -0.1) is 11.3 Å². The van der Waals surface area contributed by atoms with Crippen molar-refractivity contribution >= 4 is 51.8 Å². The van der Waals surface area contributed by atoms with E-state index in [0.717, 1.165) is 34.5 Å². The van der Waals surface area contributed by atoms with Crippen LogP contribution in [0.5, 0.6) is 0 Å². The number of nitrogens with zero attached hydrogens (tertiary/aromatic N) is 1. The number of rotatable bonds is 7. The van der Waals surface area contributed by atoms with Gasteiger partial charge in [-0.3, -0.25) is 10.1 Å². The van der Waals surface area contributed by atoms with Crippen LogP contribution in [0.2, 0.25) is 0 Å². The molecule has 0 saturated carbocycles. The molecule has 0 saturated heterocycles. The zero-order valence-corrected chi connectivity index (χ0v) is 19.6. The second-order valence-electron chi connectivity index (χ2n) is 7.74. The maximum atomic E-state index is 13.2. The van der Waals surface area contributed by atoms with Crippen molar-refractivity contribution in [3.8, 4) is 0 Å². The molecule has 1 aliphatic carbocycles. The van der Waals surface area contributed by atoms with E-state index in [1.165, 1.54) is 7.11 Å². The Kier molecular flexibility index (Phi) is 7.66. The Morgan fingerprint density at radius 3 is 2.79 bits per heavy atom. The van der Waals surface area contributed by atoms with E-state index < -0.39 is 24.5 Å². The van der Waals surface area contributed by atoms with Gasteiger partial charge in [0.05, 0.1) is 23.4 Å². The number of esters is 1. The number of carbonyl (C=O) groups is 3. The average Bonchev–Trinajstić information content (AvgIpc) is 3.35. The van der Waals surface area contributed by atoms with Crippen LogP contribution in [-0.2, 0) is 20.7 Å². The molecule has 2 N–H and O–H groups in total. The number of amides is 3. The number of fused-ring (bicyclic) bond motifs is 2. The molecule has 176 valence electrons. The van der Waals surface area contributed by atoms with Gasteiger partial charge in [-0.1, -0.05) is 24.3 Å². The van der Waals surface area contributed by atoms with Crippen LogP contribution in [0.25, 0.3) is 22.6 Å². The molecule has 4 rings (SSSR count). The number of carbonyl (C=O) groups excluding carboxylic acids is 3. The summed E-state index contributed by atoms with van der Waals surface area (Å²) in [5, 5.41) is 7.31. The van der Waals surface area contributed by atoms with Gasteiger partial charge in [0.1, 0.15) is 0 Å². The summed E-state index contributed by atoms with van der Waals surface area (Å²) in [6, 6.07) is 10.8. The number of thiophene rings is 1. The summed E-state index contributed by atoms with van der Waals surface area (Å²) < 4.78 is 10.2. The van der Waals surface area contributed by atoms with Crippen molar-refractivity contribution in [2.24, 2.45) is 0 Å². The van der Waals surface area contributed by atoms with Crippen molar-refractivity contribution < 1.29 is 23.9 Å². The first-order valence-corrected chi connectivity index (χ1v) is 11.8. The van der Waals surface area contributed by atoms with E-state index in [2.05, 4.69) is 16.7 Å². The minimum Gasteiger partial charge on any atom is -0.452 e. The predicted molar refractivity (Wildman–Crippen MR) is 131 cm³/mol. The molecule has 34 heavy (non-hydrogen) atoms. The lowest BCUT2D eigenvalue weighted by atomic mass is 9.86. The number of para-hydroxylation sites is 1. The molecule has 0 radical (unpaired) electrons. The second-order valence-corrected chi connectivity index (χ2v) is 8.72. The Morgan fingerprint density at radius 1 is 1.15 bits per heavy atom. The quantitative estimate of drug-likeness (QED) is 0.394. The average molecular weight is 480 g/mol. The number of hydrogen-bond acceptors (Lipinski definition) is 7. The van der Waals surface area contributed by atoms with Crippen molar-refractivity contribution in [2.75, 3.05) is 26.9 Å². The number of urea groups is 1. The highest BCUT2D eigenvalue weighted by atomic mass is 32.1. The van der Waals surface area contributed by atoms with Gasteiger partial charge >= 0.3 is 12.0 Å². The standard InChI is InChI=1S/C25H25N3O5S/c1-32-12-11-26-25(31)28-21(29)15-33-24(30)22-18-8-2-3-10-20(18)27-23-16(6-4-9-19(22)23)14-17-7-5-13-34-17/h2-3,5,7-8,10,13-14H,4,6,9,11-12,15H2,1H3,(H2,26,28,29,31)/b16-14+. The van der Waals surface area contributed by atoms with Gasteiger partial charge in [0.25, 0.3) is 5.91 Å². The SMILES string of the molecule is COCCNC(=O)NC(=O)COC(=O)c1c2c(nc3ccccc13)/C(=C/c1cccs1)CCC2. The van der Waals surface area contributed by atoms with Crippen molar-refractivity contribution in [1.29, 1.82) is 0 Å². The van der Waals surface area contributed by atoms with Crippen molar-refractivity contribution in [3.63, 3.8) is 0 Å². The summed E-state index contributed by atoms with van der Waals surface area (Å²) in [5.74, 6) is -1.32. The molecule has 8 nitrogen and oxygen atoms in total. The number of methoxy groups -OCH3 is 1. The van der Waals surface area contributed by atoms with Gasteiger partial charge in [0, 0.05) is 23.9 Å². The maximum absolute atomic E-state index is 13.2. The minimum atomic E-state index is -0.714. The molecule has 0 aliphatic heterocycles. The summed E-state index contributed by atoms with van der Waals surface area (Å²) in [5.41, 5.74) is 3.82. The van der Waals surface area contributed by atoms with Gasteiger partial charge < -0.3 is 14.8 Å². The van der Waals surface area contributed by atoms with Crippen molar-refractivity contribution in [1.82, 2.24) is 15.6 Å². The fraction of sp³-hybridized carbons (Fsp3) is 0.280. The van der Waals surface area contributed by atoms with E-state index in [4.69, 9.17) is 14.5 Å². The molecule has 3 aromatic rings. The molecule has 0 atom stereocenters. The Morgan fingerprint density at radius 2 is 2.00 bits per heavy atom. The molecular weight excluding hydrogens is 454 g/mol. The molecule has 1 aromatic carbocycles. The molecule has 2 aromatic heterocycles. The van der Waals surface area contributed by atoms with E-state index in [-0.39, 0.29) is 6.54 Å². The summed E-state index contributed by atoms with van der Waals surface area (Å²) in [7, 11) is 1.51. The minimum absolute atomic E-state index is 0.256. The molecule has 1 aliphatic rings. The lowest BCUT2D eigenvalue weighted by Crippen LogP contribution is -2.42. The predicted octanol–water partition coefficient (Wildman–Crippen LogP) is 3.80. The first-order chi connectivity index (χ1) is 16.6. The maximum Gasteiger partial charge on any atom is 0.339 e. The number of ether oxygens (including phenoxy) is 2. The fourth-order valence-corrected chi connectivity index (χ4v) is 4.61. The monoisotopic (exact) mass is 479 g/mol. The van der Waals surface area contributed by atoms with Crippen LogP contribution in [-0.4, -0.2) is 49.8 Å². The van der Waals surface area contributed by atoms with Crippen LogP contribution in [0, 0.1) is 0 Å². The summed E-state index contributed by atoms with van der Waals surface area (Å²) in [4.78, 5) is 43.0. The van der Waals surface area contributed by atoms with E-state index in [9.17, 15) is 14.4 Å². The van der Waals surface area contributed by atoms with Crippen LogP contribution < -0.4 is 10.6 Å². The molecule has 0 unspecified atom stereocenters. The molecule has 2 heterocycles. The summed E-state index contributed by atoms with van der Waals surface area (Å²) in [6.07, 6.45) is 4.56. The van der Waals surface area contributed by atoms with Gasteiger partial charge in [0.2, 0.25) is 0 Å². The molecule has 9 heteroatoms. The summed E-state index contributed by atoms with van der Waals surface area (Å²) >= 11 is 1.65. The van der Waals surface area contributed by atoms with E-state index in [1.54, 1.807) is 11.3 Å². The topological polar surface area (TPSA) is 107 Å². The molecule has 0 spiro atoms. The largest absolute Gasteiger partial charge is 0.452 e. The number of hydrogen-bond donors (Lipinski definition) is 2. The van der Waals surface area contributed by atoms with E-state index in [0.29, 0.717) is 29.5 Å².